The summed E-state index contributed by atoms with van der Waals surface area (Å²) in [6, 6.07) is 18.5. The average Bonchev–Trinajstić information content (AvgIpc) is 3.37. The van der Waals surface area contributed by atoms with Gasteiger partial charge in [-0.1, -0.05) is 54.6 Å². The van der Waals surface area contributed by atoms with Gasteiger partial charge in [0, 0.05) is 20.0 Å². The maximum atomic E-state index is 11.5. The molecular formula is C24H31N3O3. The zero-order valence-electron chi connectivity index (χ0n) is 17.4. The third kappa shape index (κ3) is 4.42. The molecule has 2 aromatic rings. The van der Waals surface area contributed by atoms with E-state index >= 15 is 0 Å². The highest BCUT2D eigenvalue weighted by Gasteiger charge is 2.45. The quantitative estimate of drug-likeness (QED) is 0.680. The first-order valence-corrected chi connectivity index (χ1v) is 10.8. The molecule has 6 nitrogen and oxygen atoms in total. The molecule has 6 heteroatoms. The summed E-state index contributed by atoms with van der Waals surface area (Å²) in [5, 5.41) is 23.8. The number of nitrogens with one attached hydrogen (secondary N) is 1. The molecule has 2 aliphatic heterocycles. The molecular weight excluding hydrogens is 378 g/mol. The summed E-state index contributed by atoms with van der Waals surface area (Å²) < 4.78 is 0. The number of aliphatic hydroxyl groups excluding tert-OH is 2. The molecule has 1 unspecified atom stereocenters. The van der Waals surface area contributed by atoms with Crippen LogP contribution in [-0.2, 0) is 4.79 Å². The lowest BCUT2D eigenvalue weighted by atomic mass is 10.0. The third-order valence-electron chi connectivity index (χ3n) is 6.29. The van der Waals surface area contributed by atoms with Gasteiger partial charge in [0.1, 0.15) is 0 Å². The fraction of sp³-hybridized carbons (Fsp3) is 0.458. The Morgan fingerprint density at radius 3 is 2.30 bits per heavy atom. The number of benzene rings is 2. The van der Waals surface area contributed by atoms with Crippen molar-refractivity contribution in [2.45, 2.75) is 44.2 Å². The second kappa shape index (κ2) is 9.27. The number of aliphatic hydroxyl groups is 2. The van der Waals surface area contributed by atoms with Gasteiger partial charge in [-0.2, -0.15) is 0 Å². The van der Waals surface area contributed by atoms with Gasteiger partial charge in [0.25, 0.3) is 0 Å². The molecule has 2 fully saturated rings. The number of hydrogen-bond donors (Lipinski definition) is 3. The van der Waals surface area contributed by atoms with Gasteiger partial charge in [0.15, 0.2) is 0 Å². The summed E-state index contributed by atoms with van der Waals surface area (Å²) in [4.78, 5) is 16.1. The third-order valence-corrected chi connectivity index (χ3v) is 6.29. The first-order chi connectivity index (χ1) is 14.5. The first-order valence-electron chi connectivity index (χ1n) is 10.8. The monoisotopic (exact) mass is 409 g/mol. The minimum Gasteiger partial charge on any atom is -0.389 e. The second-order valence-electron chi connectivity index (χ2n) is 8.36. The Kier molecular flexibility index (Phi) is 6.49. The molecule has 1 amide bonds. The van der Waals surface area contributed by atoms with Crippen LogP contribution in [0.15, 0.2) is 54.6 Å². The lowest BCUT2D eigenvalue weighted by Gasteiger charge is -2.39. The summed E-state index contributed by atoms with van der Waals surface area (Å²) in [7, 11) is 0. The lowest BCUT2D eigenvalue weighted by molar-refractivity contribution is -0.119. The highest BCUT2D eigenvalue weighted by Crippen LogP contribution is 2.35. The minimum absolute atomic E-state index is 0.0390. The highest BCUT2D eigenvalue weighted by molar-refractivity contribution is 5.72. The number of β-amino-alcohol motifs (C(OH)–C–C–N with tert-alkyl or cyclic N) is 1. The first kappa shape index (κ1) is 21.0. The van der Waals surface area contributed by atoms with Gasteiger partial charge in [-0.05, 0) is 42.6 Å². The molecule has 4 atom stereocenters. The predicted molar refractivity (Wildman–Crippen MR) is 117 cm³/mol. The summed E-state index contributed by atoms with van der Waals surface area (Å²) in [6.07, 6.45) is 0.549. The lowest BCUT2D eigenvalue weighted by Crippen LogP contribution is -2.49. The topological polar surface area (TPSA) is 76.0 Å². The molecule has 4 rings (SSSR count). The van der Waals surface area contributed by atoms with E-state index in [1.54, 1.807) is 0 Å². The van der Waals surface area contributed by atoms with Gasteiger partial charge >= 0.3 is 0 Å². The van der Waals surface area contributed by atoms with Crippen LogP contribution in [0.1, 0.15) is 31.5 Å². The van der Waals surface area contributed by atoms with Gasteiger partial charge in [-0.25, -0.2) is 0 Å². The van der Waals surface area contributed by atoms with Gasteiger partial charge in [0.05, 0.1) is 24.4 Å². The Balaban J connectivity index is 1.63. The predicted octanol–water partition coefficient (Wildman–Crippen LogP) is 1.99. The fourth-order valence-corrected chi connectivity index (χ4v) is 4.76. The summed E-state index contributed by atoms with van der Waals surface area (Å²) in [5.74, 6) is -0.131. The summed E-state index contributed by atoms with van der Waals surface area (Å²) in [6.45, 7) is 4.15. The van der Waals surface area contributed by atoms with E-state index in [-0.39, 0.29) is 18.1 Å². The van der Waals surface area contributed by atoms with E-state index in [0.29, 0.717) is 13.1 Å². The van der Waals surface area contributed by atoms with Crippen molar-refractivity contribution in [2.24, 2.45) is 0 Å². The molecule has 0 spiro atoms. The highest BCUT2D eigenvalue weighted by atomic mass is 16.3. The van der Waals surface area contributed by atoms with Crippen LogP contribution in [-0.4, -0.2) is 70.3 Å². The van der Waals surface area contributed by atoms with E-state index in [9.17, 15) is 15.0 Å². The van der Waals surface area contributed by atoms with Crippen molar-refractivity contribution in [1.29, 1.82) is 0 Å². The number of nitrogens with zero attached hydrogens (tertiary/aromatic N) is 2. The van der Waals surface area contributed by atoms with E-state index < -0.39 is 12.2 Å². The van der Waals surface area contributed by atoms with Crippen LogP contribution >= 0.6 is 0 Å². The largest absolute Gasteiger partial charge is 0.389 e. The van der Waals surface area contributed by atoms with Crippen molar-refractivity contribution in [3.63, 3.8) is 0 Å². The van der Waals surface area contributed by atoms with Crippen LogP contribution in [0, 0.1) is 0 Å². The maximum absolute atomic E-state index is 11.5. The van der Waals surface area contributed by atoms with Crippen molar-refractivity contribution in [1.82, 2.24) is 15.1 Å². The molecule has 0 bridgehead atoms. The Morgan fingerprint density at radius 2 is 1.67 bits per heavy atom. The zero-order valence-corrected chi connectivity index (χ0v) is 17.4. The summed E-state index contributed by atoms with van der Waals surface area (Å²) >= 11 is 0. The van der Waals surface area contributed by atoms with Gasteiger partial charge in [0.2, 0.25) is 5.91 Å². The van der Waals surface area contributed by atoms with Crippen molar-refractivity contribution in [3.8, 4) is 11.1 Å². The van der Waals surface area contributed by atoms with Gasteiger partial charge in [-0.15, -0.1) is 0 Å². The number of carbonyl (C=O) groups is 1. The van der Waals surface area contributed by atoms with E-state index in [0.717, 1.165) is 37.1 Å². The van der Waals surface area contributed by atoms with Crippen LogP contribution in [0.25, 0.3) is 11.1 Å². The van der Waals surface area contributed by atoms with Gasteiger partial charge < -0.3 is 15.5 Å². The van der Waals surface area contributed by atoms with E-state index in [4.69, 9.17) is 0 Å². The van der Waals surface area contributed by atoms with Crippen LogP contribution in [0.2, 0.25) is 0 Å². The Morgan fingerprint density at radius 1 is 1.03 bits per heavy atom. The van der Waals surface area contributed by atoms with E-state index in [2.05, 4.69) is 51.5 Å². The molecule has 0 saturated carbocycles. The zero-order chi connectivity index (χ0) is 21.1. The van der Waals surface area contributed by atoms with Crippen LogP contribution in [0.5, 0.6) is 0 Å². The summed E-state index contributed by atoms with van der Waals surface area (Å²) in [5.41, 5.74) is 3.49. The molecule has 3 N–H and O–H groups in total. The molecule has 0 radical (unpaired) electrons. The number of amides is 1. The molecule has 30 heavy (non-hydrogen) atoms. The average molecular weight is 410 g/mol. The second-order valence-corrected chi connectivity index (χ2v) is 8.36. The van der Waals surface area contributed by atoms with Gasteiger partial charge in [-0.3, -0.25) is 14.6 Å². The number of carbonyl (C=O) groups excluding carboxylic acids is 1. The van der Waals surface area contributed by atoms with E-state index in [1.165, 1.54) is 12.5 Å². The van der Waals surface area contributed by atoms with Crippen molar-refractivity contribution < 1.29 is 15.0 Å². The standard InChI is InChI=1S/C24H31N3O3/c1-17(28)25-15-21-23(30)22(29)16-27(21)24(26-13-5-6-14-26)20-11-9-19(10-12-20)18-7-3-2-4-8-18/h2-4,7-12,21-24,29-30H,5-6,13-16H2,1H3,(H,25,28)/t21-,22-,23+,24?/m0/s1. The number of likely N-dealkylation sites (tertiary alicyclic amines) is 2. The molecule has 0 aliphatic carbocycles. The van der Waals surface area contributed by atoms with Crippen LogP contribution in [0.4, 0.5) is 0 Å². The minimum atomic E-state index is -0.884. The molecule has 0 aromatic heterocycles. The van der Waals surface area contributed by atoms with E-state index in [1.807, 2.05) is 18.2 Å². The number of hydrogen-bond acceptors (Lipinski definition) is 5. The molecule has 2 saturated heterocycles. The van der Waals surface area contributed by atoms with Crippen molar-refractivity contribution in [2.75, 3.05) is 26.2 Å². The fourth-order valence-electron chi connectivity index (χ4n) is 4.76. The molecule has 2 heterocycles. The normalized spacial score (nSPS) is 26.0. The Labute approximate surface area is 178 Å². The molecule has 160 valence electrons. The maximum Gasteiger partial charge on any atom is 0.216 e. The molecule has 2 aromatic carbocycles. The smallest absolute Gasteiger partial charge is 0.216 e. The number of rotatable bonds is 6. The Bertz CT molecular complexity index is 837. The van der Waals surface area contributed by atoms with Crippen LogP contribution < -0.4 is 5.32 Å². The van der Waals surface area contributed by atoms with Crippen molar-refractivity contribution >= 4 is 5.91 Å². The Hall–Kier alpha value is -2.25. The molecule has 2 aliphatic rings. The van der Waals surface area contributed by atoms with Crippen LogP contribution in [0.3, 0.4) is 0 Å². The van der Waals surface area contributed by atoms with Crippen molar-refractivity contribution in [3.05, 3.63) is 60.2 Å². The SMILES string of the molecule is CC(=O)NC[C@H]1[C@@H](O)[C@@H](O)CN1C(c1ccc(-c2ccccc2)cc1)N1CCCC1.